The number of hydrogen-bond acceptors (Lipinski definition) is 4. The van der Waals surface area contributed by atoms with Gasteiger partial charge in [-0.1, -0.05) is 6.07 Å². The van der Waals surface area contributed by atoms with Gasteiger partial charge in [-0.05, 0) is 36.5 Å². The summed E-state index contributed by atoms with van der Waals surface area (Å²) in [5.41, 5.74) is 0.349. The number of ketones is 1. The van der Waals surface area contributed by atoms with Crippen LogP contribution in [-0.2, 0) is 6.42 Å². The standard InChI is InChI=1S/C18H16FNO6/c1-26-15-5-3-9(6-12(15)19)10-2-4-13-16(14(21)7-10)11(17(22)23)8-20(13)18(24)25/h3,5-6,8,10H,2,4,7H2,1H3,(H,22,23)(H,24,25). The zero-order chi connectivity index (χ0) is 19.0. The van der Waals surface area contributed by atoms with Gasteiger partial charge in [-0.15, -0.1) is 0 Å². The van der Waals surface area contributed by atoms with Crippen LogP contribution in [0.3, 0.4) is 0 Å². The molecule has 136 valence electrons. The Hall–Kier alpha value is -3.16. The molecule has 0 bridgehead atoms. The minimum atomic E-state index is -1.36. The lowest BCUT2D eigenvalue weighted by Crippen LogP contribution is -2.11. The number of carboxylic acid groups (broad SMARTS) is 2. The normalized spacial score (nSPS) is 16.7. The maximum absolute atomic E-state index is 14.0. The molecule has 2 N–H and O–H groups in total. The summed E-state index contributed by atoms with van der Waals surface area (Å²) in [4.78, 5) is 35.5. The van der Waals surface area contributed by atoms with Crippen LogP contribution in [0.1, 0.15) is 50.7 Å². The van der Waals surface area contributed by atoms with Crippen molar-refractivity contribution in [1.82, 2.24) is 4.57 Å². The van der Waals surface area contributed by atoms with Crippen molar-refractivity contribution in [1.29, 1.82) is 0 Å². The molecular formula is C18H16FNO6. The molecule has 1 aliphatic carbocycles. The number of fused-ring (bicyclic) bond motifs is 1. The van der Waals surface area contributed by atoms with Crippen LogP contribution in [0.4, 0.5) is 9.18 Å². The molecule has 0 fully saturated rings. The zero-order valence-corrected chi connectivity index (χ0v) is 13.9. The summed E-state index contributed by atoms with van der Waals surface area (Å²) in [6.07, 6.45) is 0.166. The predicted molar refractivity (Wildman–Crippen MR) is 87.8 cm³/mol. The van der Waals surface area contributed by atoms with Crippen molar-refractivity contribution in [3.8, 4) is 5.75 Å². The van der Waals surface area contributed by atoms with E-state index < -0.39 is 23.7 Å². The molecule has 1 heterocycles. The monoisotopic (exact) mass is 361 g/mol. The van der Waals surface area contributed by atoms with Crippen molar-refractivity contribution < 1.29 is 33.7 Å². The Kier molecular flexibility index (Phi) is 4.50. The Morgan fingerprint density at radius 3 is 2.62 bits per heavy atom. The van der Waals surface area contributed by atoms with Crippen molar-refractivity contribution in [2.75, 3.05) is 7.11 Å². The van der Waals surface area contributed by atoms with E-state index in [4.69, 9.17) is 4.74 Å². The molecule has 2 aromatic rings. The molecule has 1 atom stereocenters. The first-order valence-corrected chi connectivity index (χ1v) is 7.91. The zero-order valence-electron chi connectivity index (χ0n) is 13.9. The lowest BCUT2D eigenvalue weighted by molar-refractivity contribution is 0.0692. The maximum Gasteiger partial charge on any atom is 0.415 e. The highest BCUT2D eigenvalue weighted by molar-refractivity contribution is 6.08. The van der Waals surface area contributed by atoms with E-state index in [-0.39, 0.29) is 41.3 Å². The summed E-state index contributed by atoms with van der Waals surface area (Å²) in [6, 6.07) is 4.41. The summed E-state index contributed by atoms with van der Waals surface area (Å²) >= 11 is 0. The minimum absolute atomic E-state index is 0.0251. The van der Waals surface area contributed by atoms with Crippen LogP contribution < -0.4 is 4.74 Å². The highest BCUT2D eigenvalue weighted by Gasteiger charge is 2.32. The lowest BCUT2D eigenvalue weighted by atomic mass is 9.90. The average molecular weight is 361 g/mol. The molecule has 1 aromatic heterocycles. The Morgan fingerprint density at radius 2 is 2.04 bits per heavy atom. The summed E-state index contributed by atoms with van der Waals surface area (Å²) < 4.78 is 19.6. The molecule has 26 heavy (non-hydrogen) atoms. The highest BCUT2D eigenvalue weighted by atomic mass is 19.1. The molecule has 1 unspecified atom stereocenters. The number of rotatable bonds is 3. The number of methoxy groups -OCH3 is 1. The molecular weight excluding hydrogens is 345 g/mol. The number of hydrogen-bond donors (Lipinski definition) is 2. The first kappa shape index (κ1) is 17.7. The number of ether oxygens (including phenoxy) is 1. The molecule has 1 aromatic carbocycles. The van der Waals surface area contributed by atoms with E-state index >= 15 is 0 Å². The van der Waals surface area contributed by atoms with Gasteiger partial charge in [-0.2, -0.15) is 0 Å². The number of aromatic nitrogens is 1. The summed E-state index contributed by atoms with van der Waals surface area (Å²) in [7, 11) is 1.35. The van der Waals surface area contributed by atoms with Crippen LogP contribution in [0.5, 0.6) is 5.75 Å². The third-order valence-corrected chi connectivity index (χ3v) is 4.63. The van der Waals surface area contributed by atoms with E-state index in [9.17, 15) is 29.0 Å². The largest absolute Gasteiger partial charge is 0.494 e. The number of benzene rings is 1. The number of aromatic carboxylic acids is 1. The van der Waals surface area contributed by atoms with Gasteiger partial charge in [-0.3, -0.25) is 9.36 Å². The van der Waals surface area contributed by atoms with Crippen molar-refractivity contribution in [3.05, 3.63) is 52.6 Å². The van der Waals surface area contributed by atoms with E-state index in [2.05, 4.69) is 0 Å². The smallest absolute Gasteiger partial charge is 0.415 e. The second-order valence-electron chi connectivity index (χ2n) is 6.08. The topological polar surface area (TPSA) is 106 Å². The maximum atomic E-state index is 14.0. The van der Waals surface area contributed by atoms with Crippen LogP contribution in [-0.4, -0.2) is 39.7 Å². The fraction of sp³-hybridized carbons (Fsp3) is 0.278. The quantitative estimate of drug-likeness (QED) is 0.814. The van der Waals surface area contributed by atoms with Gasteiger partial charge in [0.05, 0.1) is 18.2 Å². The van der Waals surface area contributed by atoms with E-state index in [0.29, 0.717) is 12.0 Å². The molecule has 0 saturated carbocycles. The number of nitrogens with zero attached hydrogens (tertiary/aromatic N) is 1. The molecule has 0 radical (unpaired) electrons. The van der Waals surface area contributed by atoms with Gasteiger partial charge in [0.2, 0.25) is 0 Å². The van der Waals surface area contributed by atoms with Crippen molar-refractivity contribution in [2.24, 2.45) is 0 Å². The Labute approximate surface area is 147 Å². The molecule has 0 saturated heterocycles. The third kappa shape index (κ3) is 2.94. The van der Waals surface area contributed by atoms with Gasteiger partial charge < -0.3 is 14.9 Å². The first-order chi connectivity index (χ1) is 12.3. The second-order valence-corrected chi connectivity index (χ2v) is 6.08. The molecule has 0 spiro atoms. The molecule has 0 aliphatic heterocycles. The molecule has 7 nitrogen and oxygen atoms in total. The van der Waals surface area contributed by atoms with Gasteiger partial charge in [0.15, 0.2) is 17.3 Å². The van der Waals surface area contributed by atoms with Crippen LogP contribution >= 0.6 is 0 Å². The van der Waals surface area contributed by atoms with Gasteiger partial charge in [0.25, 0.3) is 0 Å². The number of carbonyl (C=O) groups excluding carboxylic acids is 1. The average Bonchev–Trinajstić information content (AvgIpc) is 2.90. The van der Waals surface area contributed by atoms with Gasteiger partial charge >= 0.3 is 12.1 Å². The van der Waals surface area contributed by atoms with Crippen LogP contribution in [0.25, 0.3) is 0 Å². The number of halogens is 1. The van der Waals surface area contributed by atoms with Gasteiger partial charge in [0, 0.05) is 18.3 Å². The summed E-state index contributed by atoms with van der Waals surface area (Å²) in [5.74, 6) is -2.64. The fourth-order valence-corrected chi connectivity index (χ4v) is 3.40. The third-order valence-electron chi connectivity index (χ3n) is 4.63. The summed E-state index contributed by atoms with van der Waals surface area (Å²) in [5, 5.41) is 18.6. The molecule has 8 heteroatoms. The highest BCUT2D eigenvalue weighted by Crippen LogP contribution is 2.35. The number of carbonyl (C=O) groups is 3. The van der Waals surface area contributed by atoms with Crippen LogP contribution in [0, 0.1) is 5.82 Å². The first-order valence-electron chi connectivity index (χ1n) is 7.91. The fourth-order valence-electron chi connectivity index (χ4n) is 3.40. The second kappa shape index (κ2) is 6.62. The number of Topliss-reactive ketones (excluding diaryl/α,β-unsaturated/α-hetero) is 1. The SMILES string of the molecule is COc1ccc(C2CCc3c(c(C(=O)O)cn3C(=O)O)C(=O)C2)cc1F. The lowest BCUT2D eigenvalue weighted by Gasteiger charge is -2.15. The van der Waals surface area contributed by atoms with Crippen LogP contribution in [0.15, 0.2) is 24.4 Å². The molecule has 1 aliphatic rings. The minimum Gasteiger partial charge on any atom is -0.494 e. The van der Waals surface area contributed by atoms with Gasteiger partial charge in [-0.25, -0.2) is 14.0 Å². The van der Waals surface area contributed by atoms with Crippen molar-refractivity contribution in [2.45, 2.75) is 25.2 Å². The van der Waals surface area contributed by atoms with Crippen molar-refractivity contribution in [3.63, 3.8) is 0 Å². The Morgan fingerprint density at radius 1 is 1.31 bits per heavy atom. The predicted octanol–water partition coefficient (Wildman–Crippen LogP) is 3.16. The Balaban J connectivity index is 2.00. The summed E-state index contributed by atoms with van der Waals surface area (Å²) in [6.45, 7) is 0. The van der Waals surface area contributed by atoms with Gasteiger partial charge in [0.1, 0.15) is 0 Å². The number of carboxylic acids is 1. The van der Waals surface area contributed by atoms with Crippen molar-refractivity contribution >= 4 is 17.8 Å². The van der Waals surface area contributed by atoms with E-state index in [1.54, 1.807) is 6.07 Å². The van der Waals surface area contributed by atoms with E-state index in [1.165, 1.54) is 19.2 Å². The molecule has 3 rings (SSSR count). The van der Waals surface area contributed by atoms with E-state index in [1.807, 2.05) is 0 Å². The van der Waals surface area contributed by atoms with Crippen LogP contribution in [0.2, 0.25) is 0 Å². The van der Waals surface area contributed by atoms with E-state index in [0.717, 1.165) is 10.8 Å². The Bertz CT molecular complexity index is 917. The molecule has 0 amide bonds.